The van der Waals surface area contributed by atoms with E-state index in [0.717, 1.165) is 12.1 Å². The minimum Gasteiger partial charge on any atom is -0.488 e. The van der Waals surface area contributed by atoms with Gasteiger partial charge in [-0.1, -0.05) is 13.0 Å². The molecule has 158 valence electrons. The van der Waals surface area contributed by atoms with Crippen LogP contribution in [-0.4, -0.2) is 18.4 Å². The number of hydrogen-bond donors (Lipinski definition) is 1. The average Bonchev–Trinajstić information content (AvgIpc) is 2.90. The minimum atomic E-state index is -0.734. The van der Waals surface area contributed by atoms with Gasteiger partial charge >= 0.3 is 5.97 Å². The molecule has 3 aromatic rings. The molecule has 1 N–H and O–H groups in total. The molecule has 0 unspecified atom stereocenters. The van der Waals surface area contributed by atoms with Crippen LogP contribution in [0.25, 0.3) is 0 Å². The second-order valence-electron chi connectivity index (χ2n) is 7.09. The zero-order chi connectivity index (χ0) is 22.0. The fourth-order valence-electron chi connectivity index (χ4n) is 3.27. The summed E-state index contributed by atoms with van der Waals surface area (Å²) < 4.78 is 38.0. The van der Waals surface area contributed by atoms with E-state index in [0.29, 0.717) is 46.7 Å². The first kappa shape index (κ1) is 20.5. The maximum absolute atomic E-state index is 13.9. The number of rotatable bonds is 5. The maximum atomic E-state index is 13.9. The summed E-state index contributed by atoms with van der Waals surface area (Å²) in [4.78, 5) is 25.3. The second-order valence-corrected chi connectivity index (χ2v) is 7.09. The number of anilines is 2. The van der Waals surface area contributed by atoms with Gasteiger partial charge in [0.15, 0.2) is 5.78 Å². The predicted octanol–water partition coefficient (Wildman–Crippen LogP) is 5.40. The van der Waals surface area contributed by atoms with Crippen molar-refractivity contribution in [3.05, 3.63) is 88.5 Å². The average molecular weight is 423 g/mol. The third-order valence-electron chi connectivity index (χ3n) is 4.85. The lowest BCUT2D eigenvalue weighted by atomic mass is 9.97. The highest BCUT2D eigenvalue weighted by Crippen LogP contribution is 2.33. The molecule has 1 aliphatic heterocycles. The van der Waals surface area contributed by atoms with Crippen LogP contribution >= 0.6 is 0 Å². The van der Waals surface area contributed by atoms with Gasteiger partial charge in [0.2, 0.25) is 0 Å². The van der Waals surface area contributed by atoms with Gasteiger partial charge in [-0.25, -0.2) is 13.6 Å². The fourth-order valence-corrected chi connectivity index (χ4v) is 3.27. The SMILES string of the molecule is CCCOC(=O)c1ccc2c(c1)C(=O)c1ccc(Nc3ccc(F)cc3F)cc1OC2. The second kappa shape index (κ2) is 8.55. The summed E-state index contributed by atoms with van der Waals surface area (Å²) in [5.74, 6) is -1.85. The molecule has 1 aliphatic rings. The van der Waals surface area contributed by atoms with Crippen molar-refractivity contribution in [1.82, 2.24) is 0 Å². The van der Waals surface area contributed by atoms with E-state index < -0.39 is 17.6 Å². The molecule has 3 aromatic carbocycles. The molecule has 0 saturated heterocycles. The van der Waals surface area contributed by atoms with Gasteiger partial charge in [-0.2, -0.15) is 0 Å². The van der Waals surface area contributed by atoms with Crippen LogP contribution in [-0.2, 0) is 11.3 Å². The van der Waals surface area contributed by atoms with Crippen molar-refractivity contribution in [2.45, 2.75) is 20.0 Å². The number of carbonyl (C=O) groups excluding carboxylic acids is 2. The zero-order valence-corrected chi connectivity index (χ0v) is 16.7. The molecule has 0 amide bonds. The molecule has 31 heavy (non-hydrogen) atoms. The van der Waals surface area contributed by atoms with Crippen LogP contribution in [0.1, 0.15) is 45.2 Å². The lowest BCUT2D eigenvalue weighted by Crippen LogP contribution is -2.09. The van der Waals surface area contributed by atoms with Crippen LogP contribution in [0.5, 0.6) is 5.75 Å². The van der Waals surface area contributed by atoms with Gasteiger partial charge in [0.1, 0.15) is 24.0 Å². The molecular formula is C24H19F2NO4. The highest BCUT2D eigenvalue weighted by molar-refractivity contribution is 6.13. The highest BCUT2D eigenvalue weighted by atomic mass is 19.1. The van der Waals surface area contributed by atoms with Crippen molar-refractivity contribution in [3.8, 4) is 5.75 Å². The van der Waals surface area contributed by atoms with E-state index in [2.05, 4.69) is 5.32 Å². The largest absolute Gasteiger partial charge is 0.488 e. The Balaban J connectivity index is 1.62. The first-order chi connectivity index (χ1) is 15.0. The Bertz CT molecular complexity index is 1180. The summed E-state index contributed by atoms with van der Waals surface area (Å²) in [6.07, 6.45) is 0.703. The van der Waals surface area contributed by atoms with Crippen LogP contribution in [0.15, 0.2) is 54.6 Å². The monoisotopic (exact) mass is 423 g/mol. The normalized spacial score (nSPS) is 12.3. The highest BCUT2D eigenvalue weighted by Gasteiger charge is 2.24. The minimum absolute atomic E-state index is 0.0971. The van der Waals surface area contributed by atoms with Crippen molar-refractivity contribution in [2.24, 2.45) is 0 Å². The number of nitrogens with one attached hydrogen (secondary N) is 1. The van der Waals surface area contributed by atoms with Gasteiger partial charge in [-0.05, 0) is 42.8 Å². The number of benzene rings is 3. The van der Waals surface area contributed by atoms with Crippen LogP contribution in [0.3, 0.4) is 0 Å². The van der Waals surface area contributed by atoms with E-state index in [1.807, 2.05) is 6.92 Å². The van der Waals surface area contributed by atoms with E-state index in [1.54, 1.807) is 30.3 Å². The number of carbonyl (C=O) groups is 2. The molecule has 0 bridgehead atoms. The molecule has 4 rings (SSSR count). The summed E-state index contributed by atoms with van der Waals surface area (Å²) in [6, 6.07) is 12.8. The zero-order valence-electron chi connectivity index (χ0n) is 16.7. The summed E-state index contributed by atoms with van der Waals surface area (Å²) >= 11 is 0. The Morgan fingerprint density at radius 2 is 1.90 bits per heavy atom. The molecule has 0 radical (unpaired) electrons. The Labute approximate surface area is 177 Å². The summed E-state index contributed by atoms with van der Waals surface area (Å²) in [6.45, 7) is 2.34. The van der Waals surface area contributed by atoms with Gasteiger partial charge in [0, 0.05) is 28.9 Å². The summed E-state index contributed by atoms with van der Waals surface area (Å²) in [5, 5.41) is 2.86. The third-order valence-corrected chi connectivity index (χ3v) is 4.85. The first-order valence-electron chi connectivity index (χ1n) is 9.80. The quantitative estimate of drug-likeness (QED) is 0.557. The maximum Gasteiger partial charge on any atom is 0.338 e. The van der Waals surface area contributed by atoms with Gasteiger partial charge in [0.05, 0.1) is 23.4 Å². The van der Waals surface area contributed by atoms with Gasteiger partial charge < -0.3 is 14.8 Å². The third kappa shape index (κ3) is 4.26. The van der Waals surface area contributed by atoms with Crippen molar-refractivity contribution >= 4 is 23.1 Å². The Hall–Kier alpha value is -3.74. The molecule has 0 fully saturated rings. The molecule has 1 heterocycles. The number of fused-ring (bicyclic) bond motifs is 2. The fraction of sp³-hybridized carbons (Fsp3) is 0.167. The Morgan fingerprint density at radius 1 is 1.06 bits per heavy atom. The lowest BCUT2D eigenvalue weighted by Gasteiger charge is -2.11. The smallest absolute Gasteiger partial charge is 0.338 e. The summed E-state index contributed by atoms with van der Waals surface area (Å²) in [7, 11) is 0. The molecule has 5 nitrogen and oxygen atoms in total. The van der Waals surface area contributed by atoms with E-state index in [1.165, 1.54) is 12.1 Å². The number of esters is 1. The lowest BCUT2D eigenvalue weighted by molar-refractivity contribution is 0.0505. The Morgan fingerprint density at radius 3 is 2.68 bits per heavy atom. The van der Waals surface area contributed by atoms with Crippen molar-refractivity contribution in [3.63, 3.8) is 0 Å². The van der Waals surface area contributed by atoms with Gasteiger partial charge in [-0.3, -0.25) is 4.79 Å². The number of halogens is 2. The number of hydrogen-bond acceptors (Lipinski definition) is 5. The van der Waals surface area contributed by atoms with Crippen LogP contribution in [0, 0.1) is 11.6 Å². The van der Waals surface area contributed by atoms with E-state index in [9.17, 15) is 18.4 Å². The first-order valence-corrected chi connectivity index (χ1v) is 9.80. The molecule has 7 heteroatoms. The van der Waals surface area contributed by atoms with Crippen molar-refractivity contribution < 1.29 is 27.8 Å². The van der Waals surface area contributed by atoms with Gasteiger partial charge in [-0.15, -0.1) is 0 Å². The molecule has 0 spiro atoms. The van der Waals surface area contributed by atoms with E-state index in [4.69, 9.17) is 9.47 Å². The molecular weight excluding hydrogens is 404 g/mol. The molecule has 0 aliphatic carbocycles. The van der Waals surface area contributed by atoms with Crippen LogP contribution < -0.4 is 10.1 Å². The van der Waals surface area contributed by atoms with E-state index >= 15 is 0 Å². The van der Waals surface area contributed by atoms with E-state index in [-0.39, 0.29) is 18.1 Å². The van der Waals surface area contributed by atoms with Crippen molar-refractivity contribution in [2.75, 3.05) is 11.9 Å². The topological polar surface area (TPSA) is 64.6 Å². The molecule has 0 atom stereocenters. The molecule has 0 saturated carbocycles. The standard InChI is InChI=1S/C24H19F2NO4/c1-2-9-30-24(29)14-3-4-15-13-31-22-12-17(6-7-18(22)23(28)19(15)10-14)27-21-8-5-16(25)11-20(21)26/h3-8,10-12,27H,2,9,13H2,1H3. The summed E-state index contributed by atoms with van der Waals surface area (Å²) in [5.41, 5.74) is 2.21. The Kier molecular flexibility index (Phi) is 5.66. The molecule has 0 aromatic heterocycles. The number of ketones is 1. The van der Waals surface area contributed by atoms with Crippen LogP contribution in [0.2, 0.25) is 0 Å². The van der Waals surface area contributed by atoms with Gasteiger partial charge in [0.25, 0.3) is 0 Å². The van der Waals surface area contributed by atoms with Crippen molar-refractivity contribution in [1.29, 1.82) is 0 Å². The number of ether oxygens (including phenoxy) is 2. The van der Waals surface area contributed by atoms with Crippen LogP contribution in [0.4, 0.5) is 20.2 Å². The predicted molar refractivity (Wildman–Crippen MR) is 111 cm³/mol.